The zero-order chi connectivity index (χ0) is 11.9. The second-order valence-electron chi connectivity index (χ2n) is 3.18. The fourth-order valence-electron chi connectivity index (χ4n) is 1.14. The number of hydrogen-bond acceptors (Lipinski definition) is 5. The number of amides is 1. The second kappa shape index (κ2) is 6.05. The lowest BCUT2D eigenvalue weighted by Crippen LogP contribution is -2.24. The maximum atomic E-state index is 11.5. The van der Waals surface area contributed by atoms with E-state index in [0.717, 1.165) is 5.76 Å². The van der Waals surface area contributed by atoms with Crippen LogP contribution < -0.4 is 5.32 Å². The van der Waals surface area contributed by atoms with E-state index in [1.165, 1.54) is 11.8 Å². The molecule has 0 atom stereocenters. The molecule has 5 nitrogen and oxygen atoms in total. The van der Waals surface area contributed by atoms with Gasteiger partial charge in [0.1, 0.15) is 5.76 Å². The summed E-state index contributed by atoms with van der Waals surface area (Å²) in [6.45, 7) is 0.405. The molecule has 1 amide bonds. The van der Waals surface area contributed by atoms with E-state index >= 15 is 0 Å². The number of carbonyl (C=O) groups is 1. The van der Waals surface area contributed by atoms with Crippen LogP contribution in [0.4, 0.5) is 0 Å². The van der Waals surface area contributed by atoms with Gasteiger partial charge in [0, 0.05) is 12.4 Å². The van der Waals surface area contributed by atoms with Crippen molar-refractivity contribution in [3.05, 3.63) is 42.6 Å². The number of nitrogens with one attached hydrogen (secondary N) is 1. The molecule has 88 valence electrons. The summed E-state index contributed by atoms with van der Waals surface area (Å²) in [4.78, 5) is 19.5. The van der Waals surface area contributed by atoms with Gasteiger partial charge in [0.2, 0.25) is 5.91 Å². The van der Waals surface area contributed by atoms with Gasteiger partial charge in [-0.3, -0.25) is 4.79 Å². The molecule has 0 unspecified atom stereocenters. The second-order valence-corrected chi connectivity index (χ2v) is 4.12. The van der Waals surface area contributed by atoms with Crippen molar-refractivity contribution in [2.75, 3.05) is 5.75 Å². The van der Waals surface area contributed by atoms with Gasteiger partial charge in [-0.25, -0.2) is 9.97 Å². The predicted octanol–water partition coefficient (Wildman–Crippen LogP) is 1.48. The van der Waals surface area contributed by atoms with Crippen LogP contribution in [0.1, 0.15) is 5.76 Å². The van der Waals surface area contributed by atoms with Gasteiger partial charge in [0.15, 0.2) is 5.16 Å². The van der Waals surface area contributed by atoms with Gasteiger partial charge in [-0.15, -0.1) is 0 Å². The summed E-state index contributed by atoms with van der Waals surface area (Å²) in [5.41, 5.74) is 0. The van der Waals surface area contributed by atoms with E-state index in [-0.39, 0.29) is 5.91 Å². The highest BCUT2D eigenvalue weighted by Gasteiger charge is 2.04. The monoisotopic (exact) mass is 249 g/mol. The molecule has 6 heteroatoms. The van der Waals surface area contributed by atoms with Crippen molar-refractivity contribution in [3.8, 4) is 0 Å². The van der Waals surface area contributed by atoms with Gasteiger partial charge in [-0.2, -0.15) is 0 Å². The first-order chi connectivity index (χ1) is 8.34. The zero-order valence-corrected chi connectivity index (χ0v) is 9.81. The molecule has 0 saturated heterocycles. The van der Waals surface area contributed by atoms with Crippen LogP contribution in [-0.2, 0) is 11.3 Å². The molecule has 0 saturated carbocycles. The summed E-state index contributed by atoms with van der Waals surface area (Å²) in [6.07, 6.45) is 4.88. The number of furan rings is 1. The van der Waals surface area contributed by atoms with Gasteiger partial charge in [-0.05, 0) is 18.2 Å². The van der Waals surface area contributed by atoms with Crippen molar-refractivity contribution in [1.82, 2.24) is 15.3 Å². The zero-order valence-electron chi connectivity index (χ0n) is 9.00. The third kappa shape index (κ3) is 3.92. The molecule has 0 radical (unpaired) electrons. The fourth-order valence-corrected chi connectivity index (χ4v) is 1.77. The normalized spacial score (nSPS) is 10.1. The summed E-state index contributed by atoms with van der Waals surface area (Å²) in [7, 11) is 0. The largest absolute Gasteiger partial charge is 0.467 e. The van der Waals surface area contributed by atoms with E-state index < -0.39 is 0 Å². The Bertz CT molecular complexity index is 459. The third-order valence-electron chi connectivity index (χ3n) is 1.91. The van der Waals surface area contributed by atoms with Crippen LogP contribution in [0.25, 0.3) is 0 Å². The van der Waals surface area contributed by atoms with Crippen molar-refractivity contribution in [3.63, 3.8) is 0 Å². The molecule has 0 aliphatic heterocycles. The average molecular weight is 249 g/mol. The molecule has 0 aliphatic rings. The van der Waals surface area contributed by atoms with Crippen LogP contribution in [0.3, 0.4) is 0 Å². The standard InChI is InChI=1S/C11H11N3O2S/c15-10(14-7-9-3-1-6-16-9)8-17-11-12-4-2-5-13-11/h1-6H,7-8H2,(H,14,15). The summed E-state index contributed by atoms with van der Waals surface area (Å²) in [6, 6.07) is 5.34. The highest BCUT2D eigenvalue weighted by atomic mass is 32.2. The number of nitrogens with zero attached hydrogens (tertiary/aromatic N) is 2. The first-order valence-electron chi connectivity index (χ1n) is 5.03. The fraction of sp³-hybridized carbons (Fsp3) is 0.182. The maximum absolute atomic E-state index is 11.5. The smallest absolute Gasteiger partial charge is 0.230 e. The topological polar surface area (TPSA) is 68.0 Å². The molecule has 0 fully saturated rings. The van der Waals surface area contributed by atoms with Crippen LogP contribution in [0.2, 0.25) is 0 Å². The van der Waals surface area contributed by atoms with Crippen LogP contribution >= 0.6 is 11.8 Å². The van der Waals surface area contributed by atoms with Crippen molar-refractivity contribution >= 4 is 17.7 Å². The van der Waals surface area contributed by atoms with Crippen molar-refractivity contribution in [2.24, 2.45) is 0 Å². The van der Waals surface area contributed by atoms with Gasteiger partial charge >= 0.3 is 0 Å². The molecule has 0 aliphatic carbocycles. The minimum Gasteiger partial charge on any atom is -0.467 e. The predicted molar refractivity (Wildman–Crippen MR) is 63.3 cm³/mol. The number of thioether (sulfide) groups is 1. The van der Waals surface area contributed by atoms with E-state index in [1.54, 1.807) is 30.8 Å². The Morgan fingerprint density at radius 3 is 2.88 bits per heavy atom. The van der Waals surface area contributed by atoms with Crippen molar-refractivity contribution in [1.29, 1.82) is 0 Å². The minimum atomic E-state index is -0.0705. The Morgan fingerprint density at radius 1 is 1.35 bits per heavy atom. The Kier molecular flexibility index (Phi) is 4.15. The molecule has 2 aromatic heterocycles. The summed E-state index contributed by atoms with van der Waals surface area (Å²) in [5.74, 6) is 0.961. The summed E-state index contributed by atoms with van der Waals surface area (Å²) in [5, 5.41) is 3.34. The highest BCUT2D eigenvalue weighted by molar-refractivity contribution is 7.99. The lowest BCUT2D eigenvalue weighted by molar-refractivity contribution is -0.118. The van der Waals surface area contributed by atoms with Crippen LogP contribution in [-0.4, -0.2) is 21.6 Å². The van der Waals surface area contributed by atoms with Crippen LogP contribution in [0.15, 0.2) is 46.4 Å². The van der Waals surface area contributed by atoms with Crippen LogP contribution in [0.5, 0.6) is 0 Å². The van der Waals surface area contributed by atoms with Crippen molar-refractivity contribution < 1.29 is 9.21 Å². The number of carbonyl (C=O) groups excluding carboxylic acids is 1. The van der Waals surface area contributed by atoms with Gasteiger partial charge < -0.3 is 9.73 Å². The highest BCUT2D eigenvalue weighted by Crippen LogP contribution is 2.10. The average Bonchev–Trinajstić information content (AvgIpc) is 2.88. The number of hydrogen-bond donors (Lipinski definition) is 1. The molecule has 0 spiro atoms. The molecule has 2 aromatic rings. The summed E-state index contributed by atoms with van der Waals surface area (Å²) >= 11 is 1.30. The summed E-state index contributed by atoms with van der Waals surface area (Å²) < 4.78 is 5.10. The van der Waals surface area contributed by atoms with E-state index in [4.69, 9.17) is 4.42 Å². The maximum Gasteiger partial charge on any atom is 0.230 e. The van der Waals surface area contributed by atoms with E-state index in [9.17, 15) is 4.79 Å². The quantitative estimate of drug-likeness (QED) is 0.642. The number of rotatable bonds is 5. The SMILES string of the molecule is O=C(CSc1ncccn1)NCc1ccco1. The van der Waals surface area contributed by atoms with Crippen LogP contribution in [0, 0.1) is 0 Å². The molecule has 0 bridgehead atoms. The molecule has 2 rings (SSSR count). The Labute approximate surface area is 103 Å². The third-order valence-corrected chi connectivity index (χ3v) is 2.79. The lowest BCUT2D eigenvalue weighted by Gasteiger charge is -2.02. The van der Waals surface area contributed by atoms with Crippen molar-refractivity contribution in [2.45, 2.75) is 11.7 Å². The molecular formula is C11H11N3O2S. The Balaban J connectivity index is 1.71. The first kappa shape index (κ1) is 11.7. The van der Waals surface area contributed by atoms with E-state index in [0.29, 0.717) is 17.5 Å². The van der Waals surface area contributed by atoms with Gasteiger partial charge in [0.05, 0.1) is 18.6 Å². The molecule has 1 N–H and O–H groups in total. The van der Waals surface area contributed by atoms with Gasteiger partial charge in [-0.1, -0.05) is 11.8 Å². The Hall–Kier alpha value is -1.82. The first-order valence-corrected chi connectivity index (χ1v) is 6.02. The molecule has 0 aromatic carbocycles. The van der Waals surface area contributed by atoms with E-state index in [2.05, 4.69) is 15.3 Å². The minimum absolute atomic E-state index is 0.0705. The Morgan fingerprint density at radius 2 is 2.18 bits per heavy atom. The number of aromatic nitrogens is 2. The molecule has 2 heterocycles. The van der Waals surface area contributed by atoms with Gasteiger partial charge in [0.25, 0.3) is 0 Å². The lowest BCUT2D eigenvalue weighted by atomic mass is 10.4. The van der Waals surface area contributed by atoms with E-state index in [1.807, 2.05) is 6.07 Å². The molecule has 17 heavy (non-hydrogen) atoms. The molecular weight excluding hydrogens is 238 g/mol.